The Morgan fingerprint density at radius 3 is 2.62 bits per heavy atom. The number of hydrogen-bond donors (Lipinski definition) is 2. The highest BCUT2D eigenvalue weighted by atomic mass is 19.4. The van der Waals surface area contributed by atoms with Crippen LogP contribution in [0.4, 0.5) is 13.2 Å². The lowest BCUT2D eigenvalue weighted by atomic mass is 9.99. The van der Waals surface area contributed by atoms with Gasteiger partial charge in [0.05, 0.1) is 12.6 Å². The Bertz CT molecular complexity index is 230. The molecule has 74 valence electrons. The summed E-state index contributed by atoms with van der Waals surface area (Å²) >= 11 is 0. The molecule has 0 spiro atoms. The molecule has 1 aliphatic rings. The zero-order valence-corrected chi connectivity index (χ0v) is 6.93. The van der Waals surface area contributed by atoms with Gasteiger partial charge in [0, 0.05) is 5.70 Å². The third kappa shape index (κ3) is 2.77. The van der Waals surface area contributed by atoms with Gasteiger partial charge in [-0.15, -0.1) is 0 Å². The molecule has 0 aromatic heterocycles. The van der Waals surface area contributed by atoms with E-state index in [1.807, 2.05) is 0 Å². The van der Waals surface area contributed by atoms with E-state index in [0.29, 0.717) is 5.70 Å². The van der Waals surface area contributed by atoms with Crippen molar-refractivity contribution in [3.05, 3.63) is 23.9 Å². The second-order valence-corrected chi connectivity index (χ2v) is 2.78. The van der Waals surface area contributed by atoms with Crippen molar-refractivity contribution >= 4 is 0 Å². The van der Waals surface area contributed by atoms with E-state index in [4.69, 9.17) is 5.73 Å². The van der Waals surface area contributed by atoms with Crippen LogP contribution in [0.1, 0.15) is 6.42 Å². The Morgan fingerprint density at radius 1 is 1.54 bits per heavy atom. The van der Waals surface area contributed by atoms with Crippen LogP contribution in [0, 0.1) is 5.92 Å². The molecule has 0 aliphatic heterocycles. The lowest BCUT2D eigenvalue weighted by Gasteiger charge is -2.19. The van der Waals surface area contributed by atoms with Crippen LogP contribution < -0.4 is 11.1 Å². The summed E-state index contributed by atoms with van der Waals surface area (Å²) in [6.45, 7) is 0.229. The third-order valence-corrected chi connectivity index (χ3v) is 1.83. The molecule has 0 amide bonds. The third-order valence-electron chi connectivity index (χ3n) is 1.83. The van der Waals surface area contributed by atoms with Crippen LogP contribution in [0.2, 0.25) is 0 Å². The summed E-state index contributed by atoms with van der Waals surface area (Å²) in [5, 5.41) is 2.74. The first kappa shape index (κ1) is 10.1. The molecule has 2 nitrogen and oxygen atoms in total. The summed E-state index contributed by atoms with van der Waals surface area (Å²) in [6.07, 6.45) is -0.0822. The number of nitrogens with two attached hydrogens (primary N) is 1. The van der Waals surface area contributed by atoms with Gasteiger partial charge in [-0.1, -0.05) is 12.2 Å². The Kier molecular flexibility index (Phi) is 2.98. The van der Waals surface area contributed by atoms with Gasteiger partial charge in [0.2, 0.25) is 0 Å². The summed E-state index contributed by atoms with van der Waals surface area (Å²) in [4.78, 5) is 0. The maximum atomic E-state index is 12.1. The van der Waals surface area contributed by atoms with Crippen LogP contribution in [0.15, 0.2) is 23.9 Å². The van der Waals surface area contributed by atoms with Gasteiger partial charge in [-0.05, 0) is 12.5 Å². The highest BCUT2D eigenvalue weighted by Crippen LogP contribution is 2.32. The molecule has 0 heterocycles. The van der Waals surface area contributed by atoms with Crippen LogP contribution in [0.25, 0.3) is 0 Å². The van der Waals surface area contributed by atoms with Gasteiger partial charge in [-0.2, -0.15) is 13.2 Å². The summed E-state index contributed by atoms with van der Waals surface area (Å²) in [5.41, 5.74) is 5.83. The molecule has 1 atom stereocenters. The molecular formula is C8H11F3N2. The normalized spacial score (nSPS) is 22.8. The number of halogens is 3. The quantitative estimate of drug-likeness (QED) is 0.651. The fourth-order valence-electron chi connectivity index (χ4n) is 1.11. The largest absolute Gasteiger partial charge is 0.395 e. The van der Waals surface area contributed by atoms with E-state index in [1.165, 1.54) is 12.2 Å². The van der Waals surface area contributed by atoms with Crippen LogP contribution >= 0.6 is 0 Å². The van der Waals surface area contributed by atoms with Gasteiger partial charge in [0.15, 0.2) is 0 Å². The molecule has 0 saturated carbocycles. The Labute approximate surface area is 74.3 Å². The van der Waals surface area contributed by atoms with E-state index < -0.39 is 12.1 Å². The number of alkyl halides is 3. The van der Waals surface area contributed by atoms with Gasteiger partial charge in [0.25, 0.3) is 0 Å². The summed E-state index contributed by atoms with van der Waals surface area (Å²) in [5.74, 6) is -1.35. The minimum atomic E-state index is -4.14. The highest BCUT2D eigenvalue weighted by Gasteiger charge is 2.37. The highest BCUT2D eigenvalue weighted by molar-refractivity contribution is 5.22. The standard InChI is InChI=1S/C8H11F3N2/c9-8(10,11)6-1-3-7(4-2-6)13-5-12/h1,3-4,6,13H,2,5,12H2. The van der Waals surface area contributed by atoms with E-state index in [-0.39, 0.29) is 13.1 Å². The average Bonchev–Trinajstić information content (AvgIpc) is 2.04. The van der Waals surface area contributed by atoms with Gasteiger partial charge >= 0.3 is 6.18 Å². The minimum absolute atomic E-state index is 0.0116. The zero-order chi connectivity index (χ0) is 9.90. The molecule has 0 aromatic carbocycles. The molecule has 0 saturated heterocycles. The summed E-state index contributed by atoms with van der Waals surface area (Å²) in [6, 6.07) is 0. The van der Waals surface area contributed by atoms with Gasteiger partial charge < -0.3 is 11.1 Å². The fraction of sp³-hybridized carbons (Fsp3) is 0.500. The number of nitrogens with one attached hydrogen (secondary N) is 1. The SMILES string of the molecule is NCNC1=CCC(C(F)(F)F)C=C1. The molecule has 3 N–H and O–H groups in total. The van der Waals surface area contributed by atoms with E-state index in [9.17, 15) is 13.2 Å². The van der Waals surface area contributed by atoms with Crippen LogP contribution in [-0.4, -0.2) is 12.8 Å². The van der Waals surface area contributed by atoms with Crippen molar-refractivity contribution < 1.29 is 13.2 Å². The smallest absolute Gasteiger partial charge is 0.373 e. The zero-order valence-electron chi connectivity index (χ0n) is 6.93. The lowest BCUT2D eigenvalue weighted by Crippen LogP contribution is -2.25. The summed E-state index contributed by atoms with van der Waals surface area (Å²) in [7, 11) is 0. The minimum Gasteiger partial charge on any atom is -0.373 e. The first-order chi connectivity index (χ1) is 6.04. The molecule has 1 unspecified atom stereocenters. The van der Waals surface area contributed by atoms with Crippen molar-refractivity contribution in [2.45, 2.75) is 12.6 Å². The van der Waals surface area contributed by atoms with E-state index >= 15 is 0 Å². The molecule has 13 heavy (non-hydrogen) atoms. The summed E-state index contributed by atoms with van der Waals surface area (Å²) < 4.78 is 36.4. The maximum Gasteiger partial charge on any atom is 0.395 e. The van der Waals surface area contributed by atoms with Crippen LogP contribution in [0.3, 0.4) is 0 Å². The van der Waals surface area contributed by atoms with Gasteiger partial charge in [-0.25, -0.2) is 0 Å². The van der Waals surface area contributed by atoms with E-state index in [0.717, 1.165) is 6.08 Å². The monoisotopic (exact) mass is 192 g/mol. The number of allylic oxidation sites excluding steroid dienone is 3. The predicted molar refractivity (Wildman–Crippen MR) is 43.6 cm³/mol. The molecule has 0 fully saturated rings. The molecule has 1 aliphatic carbocycles. The Balaban J connectivity index is 2.53. The molecular weight excluding hydrogens is 181 g/mol. The van der Waals surface area contributed by atoms with Crippen LogP contribution in [0.5, 0.6) is 0 Å². The Morgan fingerprint density at radius 2 is 2.23 bits per heavy atom. The van der Waals surface area contributed by atoms with Crippen molar-refractivity contribution in [2.75, 3.05) is 6.67 Å². The molecule has 5 heteroatoms. The van der Waals surface area contributed by atoms with Crippen molar-refractivity contribution in [1.29, 1.82) is 0 Å². The lowest BCUT2D eigenvalue weighted by molar-refractivity contribution is -0.160. The van der Waals surface area contributed by atoms with Gasteiger partial charge in [0.1, 0.15) is 0 Å². The molecule has 1 rings (SSSR count). The van der Waals surface area contributed by atoms with Crippen molar-refractivity contribution in [3.8, 4) is 0 Å². The van der Waals surface area contributed by atoms with E-state index in [1.54, 1.807) is 0 Å². The first-order valence-corrected chi connectivity index (χ1v) is 3.93. The second kappa shape index (κ2) is 3.83. The van der Waals surface area contributed by atoms with Crippen molar-refractivity contribution in [1.82, 2.24) is 5.32 Å². The Hall–Kier alpha value is -0.970. The average molecular weight is 192 g/mol. The number of rotatable bonds is 2. The number of hydrogen-bond acceptors (Lipinski definition) is 2. The van der Waals surface area contributed by atoms with Crippen molar-refractivity contribution in [3.63, 3.8) is 0 Å². The van der Waals surface area contributed by atoms with Crippen LogP contribution in [-0.2, 0) is 0 Å². The fourth-order valence-corrected chi connectivity index (χ4v) is 1.11. The topological polar surface area (TPSA) is 38.0 Å². The predicted octanol–water partition coefficient (Wildman–Crippen LogP) is 1.51. The second-order valence-electron chi connectivity index (χ2n) is 2.78. The maximum absolute atomic E-state index is 12.1. The first-order valence-electron chi connectivity index (χ1n) is 3.93. The van der Waals surface area contributed by atoms with Gasteiger partial charge in [-0.3, -0.25) is 0 Å². The van der Waals surface area contributed by atoms with E-state index in [2.05, 4.69) is 5.32 Å². The molecule has 0 radical (unpaired) electrons. The molecule has 0 aromatic rings. The molecule has 0 bridgehead atoms. The van der Waals surface area contributed by atoms with Crippen molar-refractivity contribution in [2.24, 2.45) is 11.7 Å².